The van der Waals surface area contributed by atoms with Crippen LogP contribution in [0, 0.1) is 0 Å². The smallest absolute Gasteiger partial charge is 0.0351 e. The highest BCUT2D eigenvalue weighted by atomic mass is 16.4. The van der Waals surface area contributed by atoms with E-state index < -0.39 is 0 Å². The first-order chi connectivity index (χ1) is 6.35. The van der Waals surface area contributed by atoms with E-state index in [-0.39, 0.29) is 0 Å². The SMILES string of the molecule is C=C.C=Cc1ccccc1.COC. The first-order valence-corrected chi connectivity index (χ1v) is 3.92. The van der Waals surface area contributed by atoms with Crippen LogP contribution >= 0.6 is 0 Å². The van der Waals surface area contributed by atoms with Crippen molar-refractivity contribution in [3.63, 3.8) is 0 Å². The zero-order valence-electron chi connectivity index (χ0n) is 8.49. The van der Waals surface area contributed by atoms with Crippen molar-refractivity contribution < 1.29 is 4.74 Å². The zero-order chi connectivity index (χ0) is 10.5. The van der Waals surface area contributed by atoms with Gasteiger partial charge in [-0.1, -0.05) is 43.0 Å². The van der Waals surface area contributed by atoms with E-state index in [4.69, 9.17) is 0 Å². The Morgan fingerprint density at radius 2 is 1.46 bits per heavy atom. The molecule has 0 aromatic heterocycles. The Kier molecular flexibility index (Phi) is 14.5. The summed E-state index contributed by atoms with van der Waals surface area (Å²) in [5, 5.41) is 0. The Balaban J connectivity index is 0. The predicted octanol–water partition coefficient (Wildman–Crippen LogP) is 3.39. The van der Waals surface area contributed by atoms with Crippen LogP contribution in [0.3, 0.4) is 0 Å². The average Bonchev–Trinajstić information content (AvgIpc) is 2.23. The molecule has 0 fully saturated rings. The van der Waals surface area contributed by atoms with Gasteiger partial charge in [0.05, 0.1) is 0 Å². The van der Waals surface area contributed by atoms with Gasteiger partial charge in [0.15, 0.2) is 0 Å². The highest BCUT2D eigenvalue weighted by Gasteiger charge is 1.75. The van der Waals surface area contributed by atoms with Crippen molar-refractivity contribution in [2.75, 3.05) is 14.2 Å². The zero-order valence-corrected chi connectivity index (χ0v) is 8.49. The van der Waals surface area contributed by atoms with Crippen LogP contribution in [0.15, 0.2) is 50.1 Å². The lowest BCUT2D eigenvalue weighted by Crippen LogP contribution is -1.63. The van der Waals surface area contributed by atoms with Crippen LogP contribution in [0.1, 0.15) is 5.56 Å². The molecule has 1 aromatic carbocycles. The van der Waals surface area contributed by atoms with Gasteiger partial charge in [0.1, 0.15) is 0 Å². The van der Waals surface area contributed by atoms with Crippen molar-refractivity contribution in [1.29, 1.82) is 0 Å². The molecule has 1 aromatic rings. The topological polar surface area (TPSA) is 9.23 Å². The summed E-state index contributed by atoms with van der Waals surface area (Å²) in [4.78, 5) is 0. The predicted molar refractivity (Wildman–Crippen MR) is 60.7 cm³/mol. The molecule has 0 N–H and O–H groups in total. The lowest BCUT2D eigenvalue weighted by molar-refractivity contribution is 0.277. The molecule has 1 nitrogen and oxygen atoms in total. The van der Waals surface area contributed by atoms with Gasteiger partial charge in [0, 0.05) is 14.2 Å². The van der Waals surface area contributed by atoms with Crippen LogP contribution in [0.4, 0.5) is 0 Å². The van der Waals surface area contributed by atoms with Crippen molar-refractivity contribution in [2.24, 2.45) is 0 Å². The largest absolute Gasteiger partial charge is 0.388 e. The Hall–Kier alpha value is -1.34. The fraction of sp³-hybridized carbons (Fsp3) is 0.167. The van der Waals surface area contributed by atoms with Gasteiger partial charge in [0.2, 0.25) is 0 Å². The molecule has 0 saturated heterocycles. The van der Waals surface area contributed by atoms with E-state index in [1.54, 1.807) is 14.2 Å². The molecule has 72 valence electrons. The molecule has 0 saturated carbocycles. The molecule has 0 aliphatic heterocycles. The van der Waals surface area contributed by atoms with Gasteiger partial charge in [0.25, 0.3) is 0 Å². The first-order valence-electron chi connectivity index (χ1n) is 3.92. The lowest BCUT2D eigenvalue weighted by atomic mass is 10.2. The third kappa shape index (κ3) is 10.7. The Labute approximate surface area is 81.4 Å². The maximum absolute atomic E-state index is 4.25. The van der Waals surface area contributed by atoms with Crippen molar-refractivity contribution in [3.05, 3.63) is 55.6 Å². The van der Waals surface area contributed by atoms with Gasteiger partial charge in [-0.25, -0.2) is 0 Å². The summed E-state index contributed by atoms with van der Waals surface area (Å²) >= 11 is 0. The van der Waals surface area contributed by atoms with E-state index in [1.165, 1.54) is 5.56 Å². The van der Waals surface area contributed by atoms with Gasteiger partial charge in [-0.3, -0.25) is 0 Å². The van der Waals surface area contributed by atoms with Crippen molar-refractivity contribution >= 4 is 6.08 Å². The molecule has 1 heteroatoms. The van der Waals surface area contributed by atoms with Crippen LogP contribution in [-0.2, 0) is 4.74 Å². The van der Waals surface area contributed by atoms with Crippen molar-refractivity contribution in [2.45, 2.75) is 0 Å². The molecule has 1 rings (SSSR count). The first kappa shape index (κ1) is 14.2. The second-order valence-corrected chi connectivity index (χ2v) is 2.02. The highest BCUT2D eigenvalue weighted by Crippen LogP contribution is 1.97. The van der Waals surface area contributed by atoms with Gasteiger partial charge in [-0.15, -0.1) is 13.2 Å². The molecule has 13 heavy (non-hydrogen) atoms. The lowest BCUT2D eigenvalue weighted by Gasteiger charge is -1.85. The summed E-state index contributed by atoms with van der Waals surface area (Å²) in [5.74, 6) is 0. The molecule has 0 heterocycles. The van der Waals surface area contributed by atoms with Gasteiger partial charge in [-0.2, -0.15) is 0 Å². The Morgan fingerprint density at radius 1 is 1.08 bits per heavy atom. The van der Waals surface area contributed by atoms with E-state index >= 15 is 0 Å². The van der Waals surface area contributed by atoms with Gasteiger partial charge >= 0.3 is 0 Å². The second kappa shape index (κ2) is 13.3. The minimum atomic E-state index is 1.17. The Bertz CT molecular complexity index is 192. The van der Waals surface area contributed by atoms with Crippen LogP contribution in [0.2, 0.25) is 0 Å². The third-order valence-electron chi connectivity index (χ3n) is 1.04. The summed E-state index contributed by atoms with van der Waals surface area (Å²) < 4.78 is 4.25. The van der Waals surface area contributed by atoms with Crippen LogP contribution in [-0.4, -0.2) is 14.2 Å². The number of hydrogen-bond acceptors (Lipinski definition) is 1. The monoisotopic (exact) mass is 178 g/mol. The van der Waals surface area contributed by atoms with E-state index in [2.05, 4.69) is 24.5 Å². The maximum atomic E-state index is 4.25. The van der Waals surface area contributed by atoms with Crippen molar-refractivity contribution in [3.8, 4) is 0 Å². The molecule has 0 amide bonds. The molecule has 0 aliphatic rings. The van der Waals surface area contributed by atoms with Crippen molar-refractivity contribution in [1.82, 2.24) is 0 Å². The fourth-order valence-corrected chi connectivity index (χ4v) is 0.589. The van der Waals surface area contributed by atoms with Crippen LogP contribution in [0.25, 0.3) is 6.08 Å². The van der Waals surface area contributed by atoms with Crippen LogP contribution < -0.4 is 0 Å². The number of benzene rings is 1. The molecule has 0 radical (unpaired) electrons. The highest BCUT2D eigenvalue weighted by molar-refractivity contribution is 5.45. The molecular formula is C12H18O. The minimum absolute atomic E-state index is 1.17. The average molecular weight is 178 g/mol. The number of hydrogen-bond donors (Lipinski definition) is 0. The van der Waals surface area contributed by atoms with E-state index in [0.717, 1.165) is 0 Å². The molecule has 0 bridgehead atoms. The summed E-state index contributed by atoms with van der Waals surface area (Å²) in [6.07, 6.45) is 1.83. The van der Waals surface area contributed by atoms with E-state index in [0.29, 0.717) is 0 Å². The minimum Gasteiger partial charge on any atom is -0.388 e. The summed E-state index contributed by atoms with van der Waals surface area (Å²) in [6, 6.07) is 10.0. The number of ether oxygens (including phenoxy) is 1. The summed E-state index contributed by atoms with van der Waals surface area (Å²) in [6.45, 7) is 9.63. The molecule has 0 spiro atoms. The molecular weight excluding hydrogens is 160 g/mol. The Morgan fingerprint density at radius 3 is 1.69 bits per heavy atom. The quantitative estimate of drug-likeness (QED) is 0.599. The van der Waals surface area contributed by atoms with Gasteiger partial charge in [-0.05, 0) is 5.56 Å². The molecule has 0 unspecified atom stereocenters. The molecule has 0 aliphatic carbocycles. The second-order valence-electron chi connectivity index (χ2n) is 2.02. The van der Waals surface area contributed by atoms with E-state index in [9.17, 15) is 0 Å². The summed E-state index contributed by atoms with van der Waals surface area (Å²) in [5.41, 5.74) is 1.17. The fourth-order valence-electron chi connectivity index (χ4n) is 0.589. The normalized spacial score (nSPS) is 6.92. The standard InChI is InChI=1S/C8H8.C2H6O.C2H4/c1-2-8-6-4-3-5-7-8;1-3-2;1-2/h2-7H,1H2;1-2H3;1-2H2. The molecule has 0 atom stereocenters. The van der Waals surface area contributed by atoms with Crippen LogP contribution in [0.5, 0.6) is 0 Å². The maximum Gasteiger partial charge on any atom is 0.0351 e. The number of methoxy groups -OCH3 is 1. The summed E-state index contributed by atoms with van der Waals surface area (Å²) in [7, 11) is 3.25. The van der Waals surface area contributed by atoms with Gasteiger partial charge < -0.3 is 4.74 Å². The number of rotatable bonds is 1. The van der Waals surface area contributed by atoms with E-state index in [1.807, 2.05) is 36.4 Å². The third-order valence-corrected chi connectivity index (χ3v) is 1.04.